The highest BCUT2D eigenvalue weighted by atomic mass is 79.9. The summed E-state index contributed by atoms with van der Waals surface area (Å²) >= 11 is 3.53. The normalized spacial score (nSPS) is 19.2. The molecular formula is C17H26BrNO2. The second kappa shape index (κ2) is 8.16. The summed E-state index contributed by atoms with van der Waals surface area (Å²) in [6, 6.07) is 6.19. The van der Waals surface area contributed by atoms with Crippen LogP contribution < -0.4 is 10.5 Å². The van der Waals surface area contributed by atoms with Gasteiger partial charge in [-0.25, -0.2) is 0 Å². The summed E-state index contributed by atoms with van der Waals surface area (Å²) in [7, 11) is 3.47. The summed E-state index contributed by atoms with van der Waals surface area (Å²) in [5.41, 5.74) is 7.66. The largest absolute Gasteiger partial charge is 0.496 e. The number of rotatable bonds is 6. The molecule has 2 atom stereocenters. The predicted octanol–water partition coefficient (Wildman–Crippen LogP) is 3.92. The second-order valence-electron chi connectivity index (χ2n) is 5.94. The molecule has 1 aliphatic rings. The smallest absolute Gasteiger partial charge is 0.133 e. The van der Waals surface area contributed by atoms with Gasteiger partial charge in [0.1, 0.15) is 5.75 Å². The lowest BCUT2D eigenvalue weighted by atomic mass is 9.81. The standard InChI is InChI=1S/C17H26BrNO2/c1-20-16-9-8-12(10-14(16)18)11-15(19)17(21-2)13-6-4-3-5-7-13/h8-10,13,15,17H,3-7,11,19H2,1-2H3. The molecule has 0 saturated heterocycles. The van der Waals surface area contributed by atoms with Gasteiger partial charge >= 0.3 is 0 Å². The van der Waals surface area contributed by atoms with Crippen molar-refractivity contribution >= 4 is 15.9 Å². The second-order valence-corrected chi connectivity index (χ2v) is 6.79. The Morgan fingerprint density at radius 1 is 1.24 bits per heavy atom. The first-order valence-corrected chi connectivity index (χ1v) is 8.55. The molecule has 2 N–H and O–H groups in total. The molecule has 2 unspecified atom stereocenters. The number of benzene rings is 1. The highest BCUT2D eigenvalue weighted by molar-refractivity contribution is 9.10. The van der Waals surface area contributed by atoms with Gasteiger partial charge in [0, 0.05) is 13.2 Å². The van der Waals surface area contributed by atoms with Crippen LogP contribution in [0.2, 0.25) is 0 Å². The zero-order valence-electron chi connectivity index (χ0n) is 13.0. The fourth-order valence-corrected chi connectivity index (χ4v) is 3.99. The molecule has 2 rings (SSSR count). The van der Waals surface area contributed by atoms with Gasteiger partial charge < -0.3 is 15.2 Å². The molecule has 0 heterocycles. The van der Waals surface area contributed by atoms with Crippen LogP contribution in [0.4, 0.5) is 0 Å². The first-order valence-electron chi connectivity index (χ1n) is 7.76. The van der Waals surface area contributed by atoms with Crippen LogP contribution in [0.25, 0.3) is 0 Å². The summed E-state index contributed by atoms with van der Waals surface area (Å²) in [6.07, 6.45) is 7.46. The van der Waals surface area contributed by atoms with Gasteiger partial charge in [-0.05, 0) is 58.8 Å². The van der Waals surface area contributed by atoms with E-state index in [1.165, 1.54) is 37.7 Å². The average molecular weight is 356 g/mol. The minimum absolute atomic E-state index is 0.0402. The summed E-state index contributed by atoms with van der Waals surface area (Å²) in [5, 5.41) is 0. The minimum atomic E-state index is 0.0402. The molecule has 1 aromatic carbocycles. The Balaban J connectivity index is 2.01. The third-order valence-corrected chi connectivity index (χ3v) is 5.12. The van der Waals surface area contributed by atoms with Gasteiger partial charge in [-0.15, -0.1) is 0 Å². The number of hydrogen-bond donors (Lipinski definition) is 1. The lowest BCUT2D eigenvalue weighted by Gasteiger charge is -2.33. The van der Waals surface area contributed by atoms with Crippen LogP contribution in [0.5, 0.6) is 5.75 Å². The zero-order valence-corrected chi connectivity index (χ0v) is 14.6. The SMILES string of the molecule is COc1ccc(CC(N)C(OC)C2CCCCC2)cc1Br. The van der Waals surface area contributed by atoms with Crippen molar-refractivity contribution in [3.8, 4) is 5.75 Å². The molecule has 21 heavy (non-hydrogen) atoms. The van der Waals surface area contributed by atoms with Crippen molar-refractivity contribution in [2.45, 2.75) is 50.7 Å². The molecule has 1 saturated carbocycles. The fourth-order valence-electron chi connectivity index (χ4n) is 3.40. The molecule has 0 aliphatic heterocycles. The van der Waals surface area contributed by atoms with E-state index in [9.17, 15) is 0 Å². The Morgan fingerprint density at radius 2 is 1.95 bits per heavy atom. The molecule has 0 aromatic heterocycles. The van der Waals surface area contributed by atoms with Gasteiger partial charge in [0.15, 0.2) is 0 Å². The molecule has 1 aromatic rings. The molecule has 1 fully saturated rings. The van der Waals surface area contributed by atoms with Crippen LogP contribution in [0, 0.1) is 5.92 Å². The Kier molecular flexibility index (Phi) is 6.52. The summed E-state index contributed by atoms with van der Waals surface area (Å²) in [5.74, 6) is 1.46. The van der Waals surface area contributed by atoms with E-state index >= 15 is 0 Å². The summed E-state index contributed by atoms with van der Waals surface area (Å²) in [6.45, 7) is 0. The molecule has 0 bridgehead atoms. The molecule has 0 spiro atoms. The number of methoxy groups -OCH3 is 2. The number of hydrogen-bond acceptors (Lipinski definition) is 3. The maximum Gasteiger partial charge on any atom is 0.133 e. The maximum absolute atomic E-state index is 6.44. The van der Waals surface area contributed by atoms with Crippen molar-refractivity contribution in [1.29, 1.82) is 0 Å². The van der Waals surface area contributed by atoms with Crippen molar-refractivity contribution < 1.29 is 9.47 Å². The van der Waals surface area contributed by atoms with Crippen LogP contribution in [-0.4, -0.2) is 26.4 Å². The molecule has 0 radical (unpaired) electrons. The number of halogens is 1. The minimum Gasteiger partial charge on any atom is -0.496 e. The van der Waals surface area contributed by atoms with Crippen molar-refractivity contribution in [1.82, 2.24) is 0 Å². The highest BCUT2D eigenvalue weighted by Gasteiger charge is 2.28. The van der Waals surface area contributed by atoms with Crippen LogP contribution in [-0.2, 0) is 11.2 Å². The van der Waals surface area contributed by atoms with Crippen molar-refractivity contribution in [3.63, 3.8) is 0 Å². The quantitative estimate of drug-likeness (QED) is 0.840. The van der Waals surface area contributed by atoms with E-state index in [1.807, 2.05) is 6.07 Å². The first kappa shape index (κ1) is 16.8. The van der Waals surface area contributed by atoms with Gasteiger partial charge in [0.2, 0.25) is 0 Å². The van der Waals surface area contributed by atoms with Crippen LogP contribution in [0.15, 0.2) is 22.7 Å². The summed E-state index contributed by atoms with van der Waals surface area (Å²) in [4.78, 5) is 0. The molecule has 118 valence electrons. The zero-order chi connectivity index (χ0) is 15.2. The Labute approximate surface area is 136 Å². The van der Waals surface area contributed by atoms with E-state index < -0.39 is 0 Å². The van der Waals surface area contributed by atoms with Crippen LogP contribution >= 0.6 is 15.9 Å². The molecule has 1 aliphatic carbocycles. The lowest BCUT2D eigenvalue weighted by Crippen LogP contribution is -2.43. The molecule has 4 heteroatoms. The van der Waals surface area contributed by atoms with Gasteiger partial charge in [-0.2, -0.15) is 0 Å². The Morgan fingerprint density at radius 3 is 2.52 bits per heavy atom. The maximum atomic E-state index is 6.44. The van der Waals surface area contributed by atoms with E-state index in [0.717, 1.165) is 16.6 Å². The number of ether oxygens (including phenoxy) is 2. The van der Waals surface area contributed by atoms with Crippen molar-refractivity contribution in [2.24, 2.45) is 11.7 Å². The van der Waals surface area contributed by atoms with E-state index in [2.05, 4.69) is 28.1 Å². The molecular weight excluding hydrogens is 330 g/mol. The third-order valence-electron chi connectivity index (χ3n) is 4.50. The topological polar surface area (TPSA) is 44.5 Å². The van der Waals surface area contributed by atoms with Crippen molar-refractivity contribution in [2.75, 3.05) is 14.2 Å². The van der Waals surface area contributed by atoms with Crippen LogP contribution in [0.3, 0.4) is 0 Å². The van der Waals surface area contributed by atoms with E-state index in [4.69, 9.17) is 15.2 Å². The lowest BCUT2D eigenvalue weighted by molar-refractivity contribution is 0.0179. The summed E-state index contributed by atoms with van der Waals surface area (Å²) < 4.78 is 12.0. The molecule has 0 amide bonds. The van der Waals surface area contributed by atoms with Gasteiger partial charge in [0.05, 0.1) is 17.7 Å². The monoisotopic (exact) mass is 355 g/mol. The fraction of sp³-hybridized carbons (Fsp3) is 0.647. The van der Waals surface area contributed by atoms with Crippen molar-refractivity contribution in [3.05, 3.63) is 28.2 Å². The van der Waals surface area contributed by atoms with Gasteiger partial charge in [-0.1, -0.05) is 25.3 Å². The van der Waals surface area contributed by atoms with Gasteiger partial charge in [0.25, 0.3) is 0 Å². The highest BCUT2D eigenvalue weighted by Crippen LogP contribution is 2.30. The Hall–Kier alpha value is -0.580. The molecule has 3 nitrogen and oxygen atoms in total. The van der Waals surface area contributed by atoms with E-state index in [1.54, 1.807) is 14.2 Å². The van der Waals surface area contributed by atoms with E-state index in [0.29, 0.717) is 5.92 Å². The van der Waals surface area contributed by atoms with Crippen LogP contribution in [0.1, 0.15) is 37.7 Å². The van der Waals surface area contributed by atoms with Gasteiger partial charge in [-0.3, -0.25) is 0 Å². The first-order chi connectivity index (χ1) is 10.2. The predicted molar refractivity (Wildman–Crippen MR) is 89.7 cm³/mol. The third kappa shape index (κ3) is 4.44. The average Bonchev–Trinajstić information content (AvgIpc) is 2.49. The Bertz CT molecular complexity index is 446. The number of nitrogens with two attached hydrogens (primary N) is 1. The van der Waals surface area contributed by atoms with E-state index in [-0.39, 0.29) is 12.1 Å².